The van der Waals surface area contributed by atoms with Gasteiger partial charge >= 0.3 is 0 Å². The summed E-state index contributed by atoms with van der Waals surface area (Å²) < 4.78 is 5.93. The Morgan fingerprint density at radius 1 is 1.05 bits per heavy atom. The van der Waals surface area contributed by atoms with Crippen LogP contribution < -0.4 is 4.74 Å². The Morgan fingerprint density at radius 3 is 2.58 bits per heavy atom. The molecule has 0 aliphatic carbocycles. The lowest BCUT2D eigenvalue weighted by molar-refractivity contribution is 0.217. The van der Waals surface area contributed by atoms with Crippen molar-refractivity contribution in [3.8, 4) is 5.75 Å². The monoisotopic (exact) mass is 272 g/mol. The molecule has 2 aromatic carbocycles. The number of benzene rings is 2. The van der Waals surface area contributed by atoms with Gasteiger partial charge in [-0.15, -0.1) is 11.6 Å². The fourth-order valence-corrected chi connectivity index (χ4v) is 2.85. The van der Waals surface area contributed by atoms with Crippen LogP contribution in [-0.4, -0.2) is 6.10 Å². The van der Waals surface area contributed by atoms with Gasteiger partial charge in [-0.1, -0.05) is 48.5 Å². The van der Waals surface area contributed by atoms with Crippen molar-refractivity contribution in [2.75, 3.05) is 0 Å². The second-order valence-electron chi connectivity index (χ2n) is 5.01. The van der Waals surface area contributed by atoms with Gasteiger partial charge in [-0.05, 0) is 30.0 Å². The van der Waals surface area contributed by atoms with Crippen LogP contribution in [0.25, 0.3) is 0 Å². The summed E-state index contributed by atoms with van der Waals surface area (Å²) in [5, 5.41) is 0.0773. The Labute approximate surface area is 119 Å². The molecule has 0 saturated carbocycles. The number of ether oxygens (including phenoxy) is 1. The van der Waals surface area contributed by atoms with Crippen LogP contribution >= 0.6 is 11.6 Å². The van der Waals surface area contributed by atoms with Crippen LogP contribution in [0.4, 0.5) is 0 Å². The molecule has 1 aliphatic rings. The first-order valence-corrected chi connectivity index (χ1v) is 7.20. The molecule has 0 fully saturated rings. The summed E-state index contributed by atoms with van der Waals surface area (Å²) in [5.41, 5.74) is 2.51. The van der Waals surface area contributed by atoms with Crippen molar-refractivity contribution in [1.82, 2.24) is 0 Å². The number of hydrogen-bond donors (Lipinski definition) is 0. The summed E-state index contributed by atoms with van der Waals surface area (Å²) in [7, 11) is 0. The zero-order valence-electron chi connectivity index (χ0n) is 10.8. The fraction of sp³-hybridized carbons (Fsp3) is 0.294. The molecule has 0 radical (unpaired) electrons. The standard InChI is InChI=1S/C17H17ClO/c18-16(13-6-2-1-3-7-13)11-10-15-12-14-8-4-5-9-17(14)19-15/h1-9,15-16H,10-12H2. The highest BCUT2D eigenvalue weighted by Crippen LogP contribution is 2.33. The van der Waals surface area contributed by atoms with E-state index in [-0.39, 0.29) is 11.5 Å². The summed E-state index contributed by atoms with van der Waals surface area (Å²) in [5.74, 6) is 1.04. The van der Waals surface area contributed by atoms with Gasteiger partial charge in [0.2, 0.25) is 0 Å². The zero-order valence-corrected chi connectivity index (χ0v) is 11.5. The maximum Gasteiger partial charge on any atom is 0.123 e. The average Bonchev–Trinajstić information content (AvgIpc) is 2.88. The molecular formula is C17H17ClO. The van der Waals surface area contributed by atoms with Crippen molar-refractivity contribution < 1.29 is 4.74 Å². The van der Waals surface area contributed by atoms with E-state index in [1.165, 1.54) is 11.1 Å². The van der Waals surface area contributed by atoms with E-state index in [2.05, 4.69) is 24.3 Å². The second-order valence-corrected chi connectivity index (χ2v) is 5.53. The summed E-state index contributed by atoms with van der Waals surface area (Å²) in [6.07, 6.45) is 3.23. The van der Waals surface area contributed by atoms with Crippen molar-refractivity contribution in [1.29, 1.82) is 0 Å². The third kappa shape index (κ3) is 2.93. The predicted molar refractivity (Wildman–Crippen MR) is 78.8 cm³/mol. The maximum absolute atomic E-state index is 6.44. The predicted octanol–water partition coefficient (Wildman–Crippen LogP) is 4.75. The largest absolute Gasteiger partial charge is 0.490 e. The molecule has 1 nitrogen and oxygen atoms in total. The Hall–Kier alpha value is -1.47. The molecule has 2 heteroatoms. The highest BCUT2D eigenvalue weighted by Gasteiger charge is 2.23. The third-order valence-corrected chi connectivity index (χ3v) is 4.09. The molecule has 2 aromatic rings. The first-order chi connectivity index (χ1) is 9.33. The Balaban J connectivity index is 1.55. The van der Waals surface area contributed by atoms with E-state index in [0.29, 0.717) is 0 Å². The van der Waals surface area contributed by atoms with E-state index in [0.717, 1.165) is 25.0 Å². The number of hydrogen-bond acceptors (Lipinski definition) is 1. The van der Waals surface area contributed by atoms with Crippen LogP contribution in [0.3, 0.4) is 0 Å². The molecule has 19 heavy (non-hydrogen) atoms. The van der Waals surface area contributed by atoms with Gasteiger partial charge in [0.05, 0.1) is 5.38 Å². The van der Waals surface area contributed by atoms with Gasteiger partial charge in [0.1, 0.15) is 11.9 Å². The molecule has 0 amide bonds. The molecule has 0 N–H and O–H groups in total. The van der Waals surface area contributed by atoms with E-state index in [4.69, 9.17) is 16.3 Å². The van der Waals surface area contributed by atoms with Crippen LogP contribution in [0, 0.1) is 0 Å². The number of para-hydroxylation sites is 1. The van der Waals surface area contributed by atoms with E-state index >= 15 is 0 Å². The molecule has 2 unspecified atom stereocenters. The Morgan fingerprint density at radius 2 is 1.79 bits per heavy atom. The quantitative estimate of drug-likeness (QED) is 0.730. The minimum Gasteiger partial charge on any atom is -0.490 e. The van der Waals surface area contributed by atoms with Crippen molar-refractivity contribution in [2.24, 2.45) is 0 Å². The van der Waals surface area contributed by atoms with Crippen LogP contribution in [0.5, 0.6) is 5.75 Å². The SMILES string of the molecule is ClC(CCC1Cc2ccccc2O1)c1ccccc1. The summed E-state index contributed by atoms with van der Waals surface area (Å²) in [4.78, 5) is 0. The lowest BCUT2D eigenvalue weighted by atomic mass is 10.0. The molecular weight excluding hydrogens is 256 g/mol. The van der Waals surface area contributed by atoms with Crippen molar-refractivity contribution in [3.63, 3.8) is 0 Å². The van der Waals surface area contributed by atoms with Crippen molar-refractivity contribution in [2.45, 2.75) is 30.7 Å². The summed E-state index contributed by atoms with van der Waals surface area (Å²) in [6, 6.07) is 18.5. The van der Waals surface area contributed by atoms with Gasteiger partial charge in [0.15, 0.2) is 0 Å². The Bertz CT molecular complexity index is 513. The van der Waals surface area contributed by atoms with Crippen molar-refractivity contribution >= 4 is 11.6 Å². The van der Waals surface area contributed by atoms with Crippen LogP contribution in [0.2, 0.25) is 0 Å². The van der Waals surface area contributed by atoms with E-state index in [1.807, 2.05) is 30.3 Å². The molecule has 98 valence electrons. The fourth-order valence-electron chi connectivity index (χ4n) is 2.58. The first-order valence-electron chi connectivity index (χ1n) is 6.76. The topological polar surface area (TPSA) is 9.23 Å². The molecule has 1 heterocycles. The highest BCUT2D eigenvalue weighted by molar-refractivity contribution is 6.20. The van der Waals surface area contributed by atoms with Crippen LogP contribution in [0.15, 0.2) is 54.6 Å². The van der Waals surface area contributed by atoms with Gasteiger partial charge in [0, 0.05) is 6.42 Å². The minimum absolute atomic E-state index is 0.0773. The molecule has 1 aliphatic heterocycles. The Kier molecular flexibility index (Phi) is 3.74. The number of fused-ring (bicyclic) bond motifs is 1. The van der Waals surface area contributed by atoms with Crippen LogP contribution in [-0.2, 0) is 6.42 Å². The lowest BCUT2D eigenvalue weighted by Crippen LogP contribution is -2.13. The third-order valence-electron chi connectivity index (χ3n) is 3.62. The van der Waals surface area contributed by atoms with E-state index < -0.39 is 0 Å². The maximum atomic E-state index is 6.44. The number of halogens is 1. The lowest BCUT2D eigenvalue weighted by Gasteiger charge is -2.14. The molecule has 0 saturated heterocycles. The average molecular weight is 273 g/mol. The molecule has 3 rings (SSSR count). The highest BCUT2D eigenvalue weighted by atomic mass is 35.5. The van der Waals surface area contributed by atoms with Gasteiger partial charge < -0.3 is 4.74 Å². The number of alkyl halides is 1. The van der Waals surface area contributed by atoms with E-state index in [1.54, 1.807) is 0 Å². The molecule has 0 aromatic heterocycles. The molecule has 2 atom stereocenters. The van der Waals surface area contributed by atoms with Gasteiger partial charge in [-0.25, -0.2) is 0 Å². The zero-order chi connectivity index (χ0) is 13.1. The first kappa shape index (κ1) is 12.6. The van der Waals surface area contributed by atoms with Gasteiger partial charge in [-0.2, -0.15) is 0 Å². The normalized spacial score (nSPS) is 18.7. The van der Waals surface area contributed by atoms with Crippen molar-refractivity contribution in [3.05, 3.63) is 65.7 Å². The molecule has 0 spiro atoms. The van der Waals surface area contributed by atoms with Gasteiger partial charge in [-0.3, -0.25) is 0 Å². The smallest absolute Gasteiger partial charge is 0.123 e. The number of rotatable bonds is 4. The summed E-state index contributed by atoms with van der Waals surface area (Å²) >= 11 is 6.44. The second kappa shape index (κ2) is 5.66. The summed E-state index contributed by atoms with van der Waals surface area (Å²) in [6.45, 7) is 0. The molecule has 0 bridgehead atoms. The minimum atomic E-state index is 0.0773. The van der Waals surface area contributed by atoms with E-state index in [9.17, 15) is 0 Å². The van der Waals surface area contributed by atoms with Crippen LogP contribution in [0.1, 0.15) is 29.3 Å². The van der Waals surface area contributed by atoms with Gasteiger partial charge in [0.25, 0.3) is 0 Å².